The van der Waals surface area contributed by atoms with Crippen molar-refractivity contribution in [2.75, 3.05) is 20.8 Å². The molecular weight excluding hydrogens is 716 g/mol. The van der Waals surface area contributed by atoms with E-state index in [1.165, 1.54) is 25.3 Å². The summed E-state index contributed by atoms with van der Waals surface area (Å²) in [6.07, 6.45) is 1.57. The van der Waals surface area contributed by atoms with Crippen LogP contribution in [-0.2, 0) is 32.1 Å². The van der Waals surface area contributed by atoms with Gasteiger partial charge in [-0.05, 0) is 65.9 Å². The molecule has 55 heavy (non-hydrogen) atoms. The first-order valence-corrected chi connectivity index (χ1v) is 17.4. The monoisotopic (exact) mass is 756 g/mol. The van der Waals surface area contributed by atoms with Crippen LogP contribution in [-0.4, -0.2) is 107 Å². The Morgan fingerprint density at radius 3 is 2.44 bits per heavy atom. The van der Waals surface area contributed by atoms with Gasteiger partial charge in [-0.3, -0.25) is 14.6 Å². The first-order valence-electron chi connectivity index (χ1n) is 17.4. The summed E-state index contributed by atoms with van der Waals surface area (Å²) < 4.78 is 32.8. The summed E-state index contributed by atoms with van der Waals surface area (Å²) in [6.45, 7) is -0.323. The molecule has 0 aliphatic carbocycles. The summed E-state index contributed by atoms with van der Waals surface area (Å²) in [5.74, 6) is 1.59. The highest BCUT2D eigenvalue weighted by molar-refractivity contribution is 6.05. The largest absolute Gasteiger partial charge is 0.497 e. The highest BCUT2D eigenvalue weighted by Crippen LogP contribution is 2.38. The summed E-state index contributed by atoms with van der Waals surface area (Å²) in [7, 11) is 3.13. The van der Waals surface area contributed by atoms with E-state index in [0.29, 0.717) is 41.8 Å². The van der Waals surface area contributed by atoms with Crippen molar-refractivity contribution in [3.63, 3.8) is 0 Å². The van der Waals surface area contributed by atoms with Crippen LogP contribution in [0.4, 0.5) is 5.69 Å². The number of carbonyl (C=O) groups is 3. The van der Waals surface area contributed by atoms with E-state index in [1.54, 1.807) is 24.3 Å². The van der Waals surface area contributed by atoms with Crippen molar-refractivity contribution >= 4 is 35.3 Å². The molecule has 3 aliphatic heterocycles. The number of nitrogens with zero attached hydrogens (tertiary/aromatic N) is 2. The zero-order chi connectivity index (χ0) is 39.2. The number of aryl methyl sites for hydroxylation is 1. The van der Waals surface area contributed by atoms with Gasteiger partial charge in [-0.1, -0.05) is 18.1 Å². The van der Waals surface area contributed by atoms with Crippen molar-refractivity contribution in [2.24, 2.45) is 4.99 Å². The van der Waals surface area contributed by atoms with Gasteiger partial charge in [0.1, 0.15) is 54.5 Å². The van der Waals surface area contributed by atoms with Crippen molar-refractivity contribution < 1.29 is 63.2 Å². The van der Waals surface area contributed by atoms with E-state index >= 15 is 0 Å². The molecular formula is C40H40N2O13. The number of amides is 1. The number of rotatable bonds is 14. The number of ether oxygens (including phenoxy) is 6. The van der Waals surface area contributed by atoms with Crippen molar-refractivity contribution in [3.05, 3.63) is 83.1 Å². The Hall–Kier alpha value is -5.92. The number of carbonyl (C=O) groups excluding carboxylic acids is 2. The Kier molecular flexibility index (Phi) is 12.0. The van der Waals surface area contributed by atoms with E-state index in [0.717, 1.165) is 22.4 Å². The molecule has 1 unspecified atom stereocenters. The van der Waals surface area contributed by atoms with Crippen molar-refractivity contribution in [1.82, 2.24) is 4.90 Å². The molecule has 15 heteroatoms. The van der Waals surface area contributed by atoms with Gasteiger partial charge in [-0.2, -0.15) is 0 Å². The third-order valence-corrected chi connectivity index (χ3v) is 9.42. The first kappa shape index (κ1) is 38.8. The van der Waals surface area contributed by atoms with Crippen LogP contribution in [0, 0.1) is 12.3 Å². The minimum Gasteiger partial charge on any atom is -0.497 e. The third-order valence-electron chi connectivity index (χ3n) is 9.42. The van der Waals surface area contributed by atoms with Crippen LogP contribution in [0.2, 0.25) is 0 Å². The van der Waals surface area contributed by atoms with E-state index < -0.39 is 42.6 Å². The number of carboxylic acids is 1. The number of hydrogen-bond donors (Lipinski definition) is 4. The molecule has 3 aliphatic rings. The average molecular weight is 757 g/mol. The zero-order valence-corrected chi connectivity index (χ0v) is 30.0. The number of aliphatic imine (C=N–C) groups is 1. The van der Waals surface area contributed by atoms with Crippen LogP contribution >= 0.6 is 0 Å². The number of aliphatic carboxylic acids is 1. The van der Waals surface area contributed by atoms with Gasteiger partial charge < -0.3 is 53.7 Å². The van der Waals surface area contributed by atoms with Gasteiger partial charge in [0.15, 0.2) is 6.10 Å². The Labute approximate surface area is 316 Å². The smallest absolute Gasteiger partial charge is 0.335 e. The standard InChI is InChI=1S/C40H40N2O13/c1-4-14-52-32-17-28(54-40-36(46)34(44)35(45)37(55-40)39(48)49)13-10-24(32)21-53-33(43)7-5-6-23-16-30-29(18-31(23)51-3)38(47)42-20-25(15-26(42)19-41-30)22-8-11-27(50-2)12-9-22/h1,8-13,16-20,26,34-37,40,44-46H,5-7,14-15,21H2,2-3H3,(H,48,49)/t26?,34-,35-,36+,37-,40+/m0/s1. The SMILES string of the molecule is C#CCOc1cc(O[C@@H]2O[C@H](C(=O)O)[C@@H](O)[C@H](O)[C@H]2O)ccc1COC(=O)CCCc1cc2c(cc1OC)C(=O)N1C=C(c3ccc(OC)cc3)CC1C=N2. The summed E-state index contributed by atoms with van der Waals surface area (Å²) in [4.78, 5) is 44.3. The van der Waals surface area contributed by atoms with E-state index in [2.05, 4.69) is 10.9 Å². The molecule has 0 radical (unpaired) electrons. The maximum Gasteiger partial charge on any atom is 0.335 e. The number of aliphatic hydroxyl groups excluding tert-OH is 3. The fraction of sp³-hybridized carbons (Fsp3) is 0.350. The van der Waals surface area contributed by atoms with Gasteiger partial charge in [0.25, 0.3) is 5.91 Å². The molecule has 6 atom stereocenters. The van der Waals surface area contributed by atoms with E-state index in [-0.39, 0.29) is 43.1 Å². The second-order valence-electron chi connectivity index (χ2n) is 13.0. The number of methoxy groups -OCH3 is 2. The summed E-state index contributed by atoms with van der Waals surface area (Å²) >= 11 is 0. The molecule has 15 nitrogen and oxygen atoms in total. The number of esters is 1. The van der Waals surface area contributed by atoms with Gasteiger partial charge in [0.2, 0.25) is 6.29 Å². The Bertz CT molecular complexity index is 2020. The fourth-order valence-electron chi connectivity index (χ4n) is 6.47. The maximum atomic E-state index is 13.7. The molecule has 1 saturated heterocycles. The maximum absolute atomic E-state index is 13.7. The van der Waals surface area contributed by atoms with E-state index in [1.807, 2.05) is 36.5 Å². The van der Waals surface area contributed by atoms with Crippen LogP contribution in [0.15, 0.2) is 65.8 Å². The second kappa shape index (κ2) is 17.0. The number of aliphatic hydroxyl groups is 3. The highest BCUT2D eigenvalue weighted by Gasteiger charge is 2.48. The molecule has 288 valence electrons. The molecule has 3 aromatic rings. The number of hydrogen-bond acceptors (Lipinski definition) is 13. The quantitative estimate of drug-likeness (QED) is 0.138. The highest BCUT2D eigenvalue weighted by atomic mass is 16.7. The molecule has 0 aromatic heterocycles. The molecule has 1 fully saturated rings. The molecule has 3 heterocycles. The average Bonchev–Trinajstić information content (AvgIpc) is 3.58. The Morgan fingerprint density at radius 1 is 0.964 bits per heavy atom. The van der Waals surface area contributed by atoms with Gasteiger partial charge >= 0.3 is 11.9 Å². The Balaban J connectivity index is 1.06. The first-order chi connectivity index (χ1) is 26.5. The lowest BCUT2D eigenvalue weighted by Gasteiger charge is -2.38. The molecule has 0 bridgehead atoms. The minimum atomic E-state index is -1.87. The van der Waals surface area contributed by atoms with Crippen molar-refractivity contribution in [2.45, 2.75) is 69.0 Å². The summed E-state index contributed by atoms with van der Waals surface area (Å²) in [6, 6.07) is 15.3. The molecule has 0 spiro atoms. The van der Waals surface area contributed by atoms with Crippen LogP contribution in [0.5, 0.6) is 23.0 Å². The summed E-state index contributed by atoms with van der Waals surface area (Å²) in [5.41, 5.74) is 4.15. The second-order valence-corrected chi connectivity index (χ2v) is 13.0. The molecule has 4 N–H and O–H groups in total. The molecule has 6 rings (SSSR count). The number of fused-ring (bicyclic) bond motifs is 2. The lowest BCUT2D eigenvalue weighted by atomic mass is 9.99. The normalized spacial score (nSPS) is 22.7. The summed E-state index contributed by atoms with van der Waals surface area (Å²) in [5, 5.41) is 39.6. The predicted octanol–water partition coefficient (Wildman–Crippen LogP) is 3.02. The lowest BCUT2D eigenvalue weighted by Crippen LogP contribution is -2.61. The minimum absolute atomic E-state index is 0.0507. The van der Waals surface area contributed by atoms with Gasteiger partial charge in [-0.25, -0.2) is 4.79 Å². The number of benzene rings is 3. The molecule has 3 aromatic carbocycles. The van der Waals surface area contributed by atoms with E-state index in [9.17, 15) is 34.8 Å². The van der Waals surface area contributed by atoms with Crippen molar-refractivity contribution in [1.29, 1.82) is 0 Å². The Morgan fingerprint density at radius 2 is 1.73 bits per heavy atom. The molecule has 0 saturated carbocycles. The van der Waals surface area contributed by atoms with Crippen molar-refractivity contribution in [3.8, 4) is 35.3 Å². The fourth-order valence-corrected chi connectivity index (χ4v) is 6.47. The van der Waals surface area contributed by atoms with Crippen LogP contribution in [0.25, 0.3) is 5.57 Å². The van der Waals surface area contributed by atoms with Crippen LogP contribution in [0.3, 0.4) is 0 Å². The lowest BCUT2D eigenvalue weighted by molar-refractivity contribution is -0.271. The zero-order valence-electron chi connectivity index (χ0n) is 30.0. The topological polar surface area (TPSA) is 203 Å². The van der Waals surface area contributed by atoms with Gasteiger partial charge in [0, 0.05) is 36.9 Å². The number of terminal acetylenes is 1. The molecule has 1 amide bonds. The van der Waals surface area contributed by atoms with Crippen LogP contribution in [0.1, 0.15) is 46.3 Å². The number of carboxylic acid groups (broad SMARTS) is 1. The van der Waals surface area contributed by atoms with Gasteiger partial charge in [-0.15, -0.1) is 6.42 Å². The van der Waals surface area contributed by atoms with E-state index in [4.69, 9.17) is 34.8 Å². The predicted molar refractivity (Wildman–Crippen MR) is 195 cm³/mol. The van der Waals surface area contributed by atoms with Crippen LogP contribution < -0.4 is 18.9 Å². The third kappa shape index (κ3) is 8.58. The van der Waals surface area contributed by atoms with Gasteiger partial charge in [0.05, 0.1) is 31.5 Å².